The van der Waals surface area contributed by atoms with E-state index in [0.717, 1.165) is 60.8 Å². The number of benzene rings is 2. The second-order valence-electron chi connectivity index (χ2n) is 10.9. The van der Waals surface area contributed by atoms with Crippen LogP contribution in [0.1, 0.15) is 53.6 Å². The van der Waals surface area contributed by atoms with Gasteiger partial charge in [-0.1, -0.05) is 42.5 Å². The van der Waals surface area contributed by atoms with Crippen molar-refractivity contribution >= 4 is 11.8 Å². The molecule has 1 atom stereocenters. The van der Waals surface area contributed by atoms with Gasteiger partial charge in [-0.3, -0.25) is 19.5 Å². The number of alkyl halides is 3. The number of amides is 2. The van der Waals surface area contributed by atoms with Gasteiger partial charge in [0.2, 0.25) is 5.91 Å². The largest absolute Gasteiger partial charge is 0.416 e. The Balaban J connectivity index is 1.07. The molecule has 1 saturated heterocycles. The Hall–Kier alpha value is -3.76. The average Bonchev–Trinajstić information content (AvgIpc) is 3.44. The highest BCUT2D eigenvalue weighted by atomic mass is 19.4. The van der Waals surface area contributed by atoms with Crippen molar-refractivity contribution in [2.24, 2.45) is 0 Å². The van der Waals surface area contributed by atoms with Gasteiger partial charge in [-0.2, -0.15) is 13.2 Å². The predicted octanol–water partition coefficient (Wildman–Crippen LogP) is 4.52. The van der Waals surface area contributed by atoms with Crippen LogP contribution in [0.15, 0.2) is 72.9 Å². The summed E-state index contributed by atoms with van der Waals surface area (Å²) in [5.41, 5.74) is 0.744. The molecule has 2 fully saturated rings. The number of hydrogen-bond donors (Lipinski definition) is 3. The molecule has 1 saturated carbocycles. The fraction of sp³-hybridized carbons (Fsp3) is 0.387. The molecule has 0 unspecified atom stereocenters. The van der Waals surface area contributed by atoms with Crippen LogP contribution in [0.3, 0.4) is 0 Å². The van der Waals surface area contributed by atoms with Crippen LogP contribution in [0.5, 0.6) is 0 Å². The normalized spacial score (nSPS) is 23.2. The molecule has 10 heteroatoms. The minimum absolute atomic E-state index is 0.0801. The number of carbonyl (C=O) groups is 2. The van der Waals surface area contributed by atoms with Crippen LogP contribution in [-0.4, -0.2) is 58.5 Å². The molecule has 2 heterocycles. The van der Waals surface area contributed by atoms with Gasteiger partial charge in [-0.25, -0.2) is 0 Å². The number of hydrogen-bond acceptors (Lipinski definition) is 5. The predicted molar refractivity (Wildman–Crippen MR) is 148 cm³/mol. The molecule has 2 aliphatic rings. The Morgan fingerprint density at radius 2 is 1.76 bits per heavy atom. The highest BCUT2D eigenvalue weighted by Crippen LogP contribution is 2.39. The first-order valence-electron chi connectivity index (χ1n) is 13.8. The Kier molecular flexibility index (Phi) is 8.42. The Labute approximate surface area is 236 Å². The number of likely N-dealkylation sites (tertiary alicyclic amines) is 1. The van der Waals surface area contributed by atoms with E-state index < -0.39 is 23.2 Å². The molecule has 5 rings (SSSR count). The Morgan fingerprint density at radius 1 is 1.00 bits per heavy atom. The fourth-order valence-corrected chi connectivity index (χ4v) is 5.80. The summed E-state index contributed by atoms with van der Waals surface area (Å²) < 4.78 is 38.7. The van der Waals surface area contributed by atoms with Crippen LogP contribution < -0.4 is 10.6 Å². The van der Waals surface area contributed by atoms with E-state index in [1.165, 1.54) is 6.07 Å². The van der Waals surface area contributed by atoms with E-state index in [0.29, 0.717) is 25.4 Å². The summed E-state index contributed by atoms with van der Waals surface area (Å²) in [4.78, 5) is 31.6. The number of pyridine rings is 1. The zero-order chi connectivity index (χ0) is 29.0. The SMILES string of the molecule is O=C(CNC(=O)c1cccc(C(F)(F)F)c1)N[C@@H]1CCN(C2CCC(O)(c3ccc(-c4ccccc4)nc3)CC2)C1. The molecule has 0 spiro atoms. The molecule has 41 heavy (non-hydrogen) atoms. The smallest absolute Gasteiger partial charge is 0.385 e. The van der Waals surface area contributed by atoms with Gasteiger partial charge >= 0.3 is 6.18 Å². The maximum atomic E-state index is 12.9. The molecular weight excluding hydrogens is 533 g/mol. The number of nitrogens with zero attached hydrogens (tertiary/aromatic N) is 2. The van der Waals surface area contributed by atoms with Crippen LogP contribution >= 0.6 is 0 Å². The van der Waals surface area contributed by atoms with Crippen molar-refractivity contribution in [1.82, 2.24) is 20.5 Å². The maximum absolute atomic E-state index is 12.9. The van der Waals surface area contributed by atoms with Crippen LogP contribution in [0, 0.1) is 0 Å². The molecule has 2 aromatic carbocycles. The first-order valence-corrected chi connectivity index (χ1v) is 13.8. The summed E-state index contributed by atoms with van der Waals surface area (Å²) in [7, 11) is 0. The lowest BCUT2D eigenvalue weighted by atomic mass is 9.78. The van der Waals surface area contributed by atoms with Crippen LogP contribution in [-0.2, 0) is 16.6 Å². The van der Waals surface area contributed by atoms with E-state index in [4.69, 9.17) is 0 Å². The molecule has 216 valence electrons. The van der Waals surface area contributed by atoms with Gasteiger partial charge in [0.1, 0.15) is 0 Å². The summed E-state index contributed by atoms with van der Waals surface area (Å²) >= 11 is 0. The van der Waals surface area contributed by atoms with Crippen LogP contribution in [0.4, 0.5) is 13.2 Å². The molecule has 2 amide bonds. The van der Waals surface area contributed by atoms with Gasteiger partial charge in [-0.15, -0.1) is 0 Å². The first-order chi connectivity index (χ1) is 19.6. The molecule has 3 N–H and O–H groups in total. The van der Waals surface area contributed by atoms with Crippen molar-refractivity contribution in [2.75, 3.05) is 19.6 Å². The van der Waals surface area contributed by atoms with E-state index >= 15 is 0 Å². The third kappa shape index (κ3) is 6.94. The molecule has 0 radical (unpaired) electrons. The topological polar surface area (TPSA) is 94.6 Å². The summed E-state index contributed by atoms with van der Waals surface area (Å²) in [5.74, 6) is -1.12. The van der Waals surface area contributed by atoms with Crippen LogP contribution in [0.25, 0.3) is 11.3 Å². The van der Waals surface area contributed by atoms with Crippen molar-refractivity contribution < 1.29 is 27.9 Å². The van der Waals surface area contributed by atoms with Crippen molar-refractivity contribution in [3.05, 3.63) is 89.6 Å². The number of rotatable bonds is 7. The average molecular weight is 567 g/mol. The number of aromatic nitrogens is 1. The summed E-state index contributed by atoms with van der Waals surface area (Å²) in [5, 5.41) is 16.7. The highest BCUT2D eigenvalue weighted by molar-refractivity contribution is 5.96. The van der Waals surface area contributed by atoms with Gasteiger partial charge in [0.25, 0.3) is 5.91 Å². The third-order valence-electron chi connectivity index (χ3n) is 8.12. The van der Waals surface area contributed by atoms with E-state index in [1.807, 2.05) is 42.5 Å². The molecule has 0 bridgehead atoms. The van der Waals surface area contributed by atoms with E-state index in [2.05, 4.69) is 20.5 Å². The number of aliphatic hydroxyl groups is 1. The highest BCUT2D eigenvalue weighted by Gasteiger charge is 2.39. The molecule has 7 nitrogen and oxygen atoms in total. The minimum atomic E-state index is -4.55. The van der Waals surface area contributed by atoms with Crippen molar-refractivity contribution in [2.45, 2.75) is 56.0 Å². The molecule has 1 aliphatic heterocycles. The summed E-state index contributed by atoms with van der Waals surface area (Å²) in [6, 6.07) is 18.1. The van der Waals surface area contributed by atoms with Crippen LogP contribution in [0.2, 0.25) is 0 Å². The second-order valence-corrected chi connectivity index (χ2v) is 10.9. The van der Waals surface area contributed by atoms with E-state index in [-0.39, 0.29) is 24.1 Å². The standard InChI is InChI=1S/C31H33F3N4O3/c32-31(33,34)23-8-4-7-22(17-23)29(40)36-19-28(39)37-25-13-16-38(20-25)26-11-14-30(41,15-12-26)24-9-10-27(35-18-24)21-5-2-1-3-6-21/h1-10,17-18,25-26,41H,11-16,19-20H2,(H,36,40)(H,37,39)/t25-,26?,30?/m1/s1. The number of halogens is 3. The second kappa shape index (κ2) is 12.0. The fourth-order valence-electron chi connectivity index (χ4n) is 5.80. The van der Waals surface area contributed by atoms with E-state index in [1.54, 1.807) is 6.20 Å². The van der Waals surface area contributed by atoms with Crippen molar-refractivity contribution in [3.8, 4) is 11.3 Å². The summed E-state index contributed by atoms with van der Waals surface area (Å²) in [6.45, 7) is 1.17. The quantitative estimate of drug-likeness (QED) is 0.391. The first kappa shape index (κ1) is 28.8. The maximum Gasteiger partial charge on any atom is 0.416 e. The van der Waals surface area contributed by atoms with Gasteiger partial charge in [0.15, 0.2) is 0 Å². The monoisotopic (exact) mass is 566 g/mol. The molecule has 3 aromatic rings. The minimum Gasteiger partial charge on any atom is -0.385 e. The number of carbonyl (C=O) groups excluding carboxylic acids is 2. The van der Waals surface area contributed by atoms with Gasteiger partial charge in [0, 0.05) is 48.1 Å². The van der Waals surface area contributed by atoms with Gasteiger partial charge in [-0.05, 0) is 56.4 Å². The molecule has 1 aliphatic carbocycles. The lowest BCUT2D eigenvalue weighted by Gasteiger charge is -2.39. The summed E-state index contributed by atoms with van der Waals surface area (Å²) in [6.07, 6.45) is 0.882. The number of nitrogens with one attached hydrogen (secondary N) is 2. The van der Waals surface area contributed by atoms with Gasteiger partial charge < -0.3 is 15.7 Å². The zero-order valence-corrected chi connectivity index (χ0v) is 22.5. The Bertz CT molecular complexity index is 1360. The van der Waals surface area contributed by atoms with E-state index in [9.17, 15) is 27.9 Å². The Morgan fingerprint density at radius 3 is 2.44 bits per heavy atom. The van der Waals surface area contributed by atoms with Gasteiger partial charge in [0.05, 0.1) is 23.4 Å². The van der Waals surface area contributed by atoms with Crippen molar-refractivity contribution in [3.63, 3.8) is 0 Å². The lowest BCUT2D eigenvalue weighted by Crippen LogP contribution is -2.45. The zero-order valence-electron chi connectivity index (χ0n) is 22.5. The lowest BCUT2D eigenvalue weighted by molar-refractivity contribution is -0.137. The molecular formula is C31H33F3N4O3. The molecule has 1 aromatic heterocycles. The third-order valence-corrected chi connectivity index (χ3v) is 8.12. The van der Waals surface area contributed by atoms with Crippen molar-refractivity contribution in [1.29, 1.82) is 0 Å².